The molecule has 1 aliphatic heterocycles. The first-order valence-electron chi connectivity index (χ1n) is 13.3. The second kappa shape index (κ2) is 14.9. The molecule has 2 rings (SSSR count). The highest BCUT2D eigenvalue weighted by molar-refractivity contribution is 6.23. The Balaban J connectivity index is 2.54. The van der Waals surface area contributed by atoms with Crippen molar-refractivity contribution in [1.82, 2.24) is 5.32 Å². The fraction of sp³-hybridized carbons (Fsp3) is 0.586. The molecule has 1 heterocycles. The number of methoxy groups -OCH3 is 3. The summed E-state index contributed by atoms with van der Waals surface area (Å²) in [5, 5.41) is 13.7. The number of ether oxygens (including phenoxy) is 4. The van der Waals surface area contributed by atoms with Crippen LogP contribution in [-0.4, -0.2) is 74.4 Å². The minimum absolute atomic E-state index is 0.0689. The summed E-state index contributed by atoms with van der Waals surface area (Å²) < 4.78 is 21.9. The van der Waals surface area contributed by atoms with Gasteiger partial charge in [-0.1, -0.05) is 26.0 Å². The number of Topliss-reactive ketones (excluding diaryl/α,β-unsaturated/α-hetero) is 1. The van der Waals surface area contributed by atoms with Gasteiger partial charge >= 0.3 is 6.09 Å². The van der Waals surface area contributed by atoms with Gasteiger partial charge in [-0.05, 0) is 51.0 Å². The predicted molar refractivity (Wildman–Crippen MR) is 147 cm³/mol. The third-order valence-electron chi connectivity index (χ3n) is 7.27. The van der Waals surface area contributed by atoms with Gasteiger partial charge in [-0.3, -0.25) is 14.4 Å². The molecule has 0 aromatic heterocycles. The SMILES string of the molecule is COC1=C2C[C@@H](C)C[C@H](OC)[C@H](O)[C@@H](C)/C=C(/C)[C@@H](OC(N)=O)[C@@H](OC)CC/C=C(/C)C(=O)NC(=CC1=O)C2=O. The Kier molecular flexibility index (Phi) is 12.3. The maximum absolute atomic E-state index is 13.3. The number of nitrogens with two attached hydrogens (primary N) is 1. The number of amides is 2. The summed E-state index contributed by atoms with van der Waals surface area (Å²) in [6.45, 7) is 7.03. The van der Waals surface area contributed by atoms with Gasteiger partial charge in [0.05, 0.1) is 31.1 Å². The number of nitrogens with one attached hydrogen (secondary N) is 1. The van der Waals surface area contributed by atoms with Gasteiger partial charge in [0.15, 0.2) is 11.9 Å². The topological polar surface area (TPSA) is 163 Å². The lowest BCUT2D eigenvalue weighted by atomic mass is 9.85. The molecule has 4 N–H and O–H groups in total. The highest BCUT2D eigenvalue weighted by atomic mass is 16.6. The summed E-state index contributed by atoms with van der Waals surface area (Å²) in [5.74, 6) is -2.26. The maximum Gasteiger partial charge on any atom is 0.405 e. The normalized spacial score (nSPS) is 32.3. The Morgan fingerprint density at radius 1 is 1.07 bits per heavy atom. The van der Waals surface area contributed by atoms with E-state index in [-0.39, 0.29) is 29.4 Å². The van der Waals surface area contributed by atoms with Crippen molar-refractivity contribution in [3.05, 3.63) is 46.4 Å². The lowest BCUT2D eigenvalue weighted by Crippen LogP contribution is -2.37. The molecular weight excluding hydrogens is 520 g/mol. The van der Waals surface area contributed by atoms with E-state index < -0.39 is 53.9 Å². The summed E-state index contributed by atoms with van der Waals surface area (Å²) in [6, 6.07) is 0. The zero-order chi connectivity index (χ0) is 30.1. The van der Waals surface area contributed by atoms with Crippen molar-refractivity contribution in [3.8, 4) is 0 Å². The number of carbonyl (C=O) groups excluding carboxylic acids is 4. The number of hydrogen-bond donors (Lipinski definition) is 3. The molecule has 0 fully saturated rings. The second-order valence-electron chi connectivity index (χ2n) is 10.4. The van der Waals surface area contributed by atoms with Crippen LogP contribution in [0, 0.1) is 11.8 Å². The van der Waals surface area contributed by atoms with Crippen molar-refractivity contribution in [2.45, 2.75) is 77.8 Å². The van der Waals surface area contributed by atoms with Crippen LogP contribution in [0.2, 0.25) is 0 Å². The van der Waals surface area contributed by atoms with Crippen LogP contribution >= 0.6 is 0 Å². The summed E-state index contributed by atoms with van der Waals surface area (Å²) in [4.78, 5) is 50.7. The lowest BCUT2D eigenvalue weighted by Gasteiger charge is -2.30. The van der Waals surface area contributed by atoms with Crippen LogP contribution in [0.5, 0.6) is 0 Å². The first kappa shape index (κ1) is 32.9. The Bertz CT molecular complexity index is 1100. The molecule has 0 aromatic rings. The number of carbonyl (C=O) groups is 4. The van der Waals surface area contributed by atoms with E-state index in [0.717, 1.165) is 6.08 Å². The highest BCUT2D eigenvalue weighted by Crippen LogP contribution is 2.29. The molecule has 0 aromatic carbocycles. The van der Waals surface area contributed by atoms with Crippen LogP contribution in [-0.2, 0) is 33.3 Å². The van der Waals surface area contributed by atoms with Crippen LogP contribution in [0.25, 0.3) is 0 Å². The molecule has 0 radical (unpaired) electrons. The van der Waals surface area contributed by atoms with Crippen molar-refractivity contribution in [2.24, 2.45) is 17.6 Å². The van der Waals surface area contributed by atoms with Gasteiger partial charge in [0.25, 0.3) is 5.91 Å². The van der Waals surface area contributed by atoms with Crippen LogP contribution in [0.15, 0.2) is 46.4 Å². The number of aliphatic hydroxyl groups is 1. The summed E-state index contributed by atoms with van der Waals surface area (Å²) in [5.41, 5.74) is 6.32. The van der Waals surface area contributed by atoms with Crippen molar-refractivity contribution in [2.75, 3.05) is 21.3 Å². The number of aliphatic hydroxyl groups excluding tert-OH is 1. The fourth-order valence-electron chi connectivity index (χ4n) is 5.09. The number of fused-ring (bicyclic) bond motifs is 2. The first-order chi connectivity index (χ1) is 18.8. The molecule has 11 heteroatoms. The van der Waals surface area contributed by atoms with E-state index >= 15 is 0 Å². The minimum atomic E-state index is -0.968. The Hall–Kier alpha value is -3.28. The molecule has 2 bridgehead atoms. The molecule has 6 atom stereocenters. The Morgan fingerprint density at radius 3 is 2.30 bits per heavy atom. The van der Waals surface area contributed by atoms with Gasteiger partial charge in [0, 0.05) is 37.4 Å². The van der Waals surface area contributed by atoms with E-state index in [1.165, 1.54) is 21.3 Å². The van der Waals surface area contributed by atoms with E-state index in [4.69, 9.17) is 24.7 Å². The van der Waals surface area contributed by atoms with Crippen LogP contribution in [0.1, 0.15) is 53.4 Å². The fourth-order valence-corrected chi connectivity index (χ4v) is 5.09. The zero-order valence-corrected chi connectivity index (χ0v) is 24.3. The van der Waals surface area contributed by atoms with Crippen LogP contribution in [0.3, 0.4) is 0 Å². The molecule has 2 aliphatic rings. The standard InChI is InChI=1S/C29H42N2O9/c1-15-11-19-25(34)20(14-21(32)27(19)39-7)31-28(35)16(2)9-8-10-22(37-5)26(40-29(30)36)18(4)13-17(3)24(33)23(12-15)38-6/h9,13-15,17,22-24,26,33H,8,10-12H2,1-7H3,(H2,30,36)(H,31,35)/b16-9-,18-13-/t15-,17+,22+,23+,24-,26-/m1/s1. The van der Waals surface area contributed by atoms with Gasteiger partial charge in [-0.2, -0.15) is 0 Å². The molecular formula is C29H42N2O9. The molecule has 0 saturated carbocycles. The molecule has 222 valence electrons. The van der Waals surface area contributed by atoms with E-state index in [1.807, 2.05) is 13.8 Å². The largest absolute Gasteiger partial charge is 0.492 e. The van der Waals surface area contributed by atoms with Gasteiger partial charge in [0.1, 0.15) is 0 Å². The molecule has 1 aliphatic carbocycles. The van der Waals surface area contributed by atoms with Crippen molar-refractivity contribution >= 4 is 23.6 Å². The Labute approximate surface area is 235 Å². The summed E-state index contributed by atoms with van der Waals surface area (Å²) in [7, 11) is 4.28. The summed E-state index contributed by atoms with van der Waals surface area (Å²) >= 11 is 0. The first-order valence-corrected chi connectivity index (χ1v) is 13.3. The third-order valence-corrected chi connectivity index (χ3v) is 7.27. The number of hydrogen-bond acceptors (Lipinski definition) is 9. The van der Waals surface area contributed by atoms with E-state index in [2.05, 4.69) is 5.32 Å². The van der Waals surface area contributed by atoms with Crippen molar-refractivity contribution in [3.63, 3.8) is 0 Å². The minimum Gasteiger partial charge on any atom is -0.492 e. The molecule has 11 nitrogen and oxygen atoms in total. The average Bonchev–Trinajstić information content (AvgIpc) is 2.90. The molecule has 0 saturated heterocycles. The van der Waals surface area contributed by atoms with Crippen LogP contribution < -0.4 is 11.1 Å². The van der Waals surface area contributed by atoms with Crippen molar-refractivity contribution in [1.29, 1.82) is 0 Å². The Morgan fingerprint density at radius 2 is 1.73 bits per heavy atom. The maximum atomic E-state index is 13.3. The molecule has 0 spiro atoms. The zero-order valence-electron chi connectivity index (χ0n) is 24.3. The van der Waals surface area contributed by atoms with Gasteiger partial charge < -0.3 is 35.1 Å². The predicted octanol–water partition coefficient (Wildman–Crippen LogP) is 2.63. The van der Waals surface area contributed by atoms with E-state index in [0.29, 0.717) is 30.4 Å². The van der Waals surface area contributed by atoms with Gasteiger partial charge in [0.2, 0.25) is 11.6 Å². The molecule has 0 unspecified atom stereocenters. The van der Waals surface area contributed by atoms with Crippen LogP contribution in [0.4, 0.5) is 4.79 Å². The average molecular weight is 563 g/mol. The second-order valence-corrected chi connectivity index (χ2v) is 10.4. The number of rotatable bonds is 4. The highest BCUT2D eigenvalue weighted by Gasteiger charge is 2.34. The van der Waals surface area contributed by atoms with E-state index in [9.17, 15) is 24.3 Å². The third kappa shape index (κ3) is 8.36. The quantitative estimate of drug-likeness (QED) is 0.345. The van der Waals surface area contributed by atoms with Gasteiger partial charge in [-0.15, -0.1) is 0 Å². The number of ketones is 2. The van der Waals surface area contributed by atoms with Crippen molar-refractivity contribution < 1.29 is 43.2 Å². The molecule has 40 heavy (non-hydrogen) atoms. The number of allylic oxidation sites excluding steroid dienone is 3. The summed E-state index contributed by atoms with van der Waals surface area (Å²) in [6.07, 6.45) is 1.82. The smallest absolute Gasteiger partial charge is 0.405 e. The lowest BCUT2D eigenvalue weighted by molar-refractivity contribution is -0.120. The monoisotopic (exact) mass is 562 g/mol. The molecule has 2 amide bonds. The van der Waals surface area contributed by atoms with E-state index in [1.54, 1.807) is 26.0 Å². The number of primary amides is 1. The van der Waals surface area contributed by atoms with Gasteiger partial charge in [-0.25, -0.2) is 4.79 Å².